The molecule has 3 unspecified atom stereocenters. The van der Waals surface area contributed by atoms with Crippen LogP contribution in [0.3, 0.4) is 0 Å². The molecule has 0 saturated carbocycles. The maximum absolute atomic E-state index is 5.26. The van der Waals surface area contributed by atoms with Crippen LogP contribution in [0.5, 0.6) is 5.75 Å². The summed E-state index contributed by atoms with van der Waals surface area (Å²) in [4.78, 5) is 0. The van der Waals surface area contributed by atoms with Crippen LogP contribution in [0.1, 0.15) is 52.1 Å². The minimum Gasteiger partial charge on any atom is -0.497 e. The van der Waals surface area contributed by atoms with Crippen LogP contribution >= 0.6 is 11.8 Å². The van der Waals surface area contributed by atoms with Crippen LogP contribution in [0.4, 0.5) is 0 Å². The quantitative estimate of drug-likeness (QED) is 0.664. The maximum atomic E-state index is 5.26. The number of rotatable bonds is 10. The SMILES string of the molecule is CCCNC(c1ccc(OC)cc1)C(C)SCC(C)CC. The van der Waals surface area contributed by atoms with Crippen molar-refractivity contribution in [3.8, 4) is 5.75 Å². The second-order valence-electron chi connectivity index (χ2n) is 5.76. The zero-order valence-electron chi connectivity index (χ0n) is 14.2. The van der Waals surface area contributed by atoms with Crippen molar-refractivity contribution in [1.82, 2.24) is 5.32 Å². The number of thioether (sulfide) groups is 1. The van der Waals surface area contributed by atoms with Crippen LogP contribution in [-0.2, 0) is 0 Å². The van der Waals surface area contributed by atoms with Gasteiger partial charge in [0, 0.05) is 11.3 Å². The van der Waals surface area contributed by atoms with Crippen molar-refractivity contribution in [2.45, 2.75) is 51.8 Å². The lowest BCUT2D eigenvalue weighted by molar-refractivity contribution is 0.414. The van der Waals surface area contributed by atoms with Crippen LogP contribution in [0.25, 0.3) is 0 Å². The first kappa shape index (κ1) is 18.4. The summed E-state index contributed by atoms with van der Waals surface area (Å²) in [7, 11) is 1.71. The van der Waals surface area contributed by atoms with Gasteiger partial charge in [0.15, 0.2) is 0 Å². The fourth-order valence-electron chi connectivity index (χ4n) is 2.20. The van der Waals surface area contributed by atoms with Gasteiger partial charge in [-0.15, -0.1) is 0 Å². The zero-order valence-corrected chi connectivity index (χ0v) is 15.0. The van der Waals surface area contributed by atoms with Gasteiger partial charge in [0.05, 0.1) is 7.11 Å². The molecule has 3 heteroatoms. The molecule has 0 aromatic heterocycles. The van der Waals surface area contributed by atoms with Crippen LogP contribution < -0.4 is 10.1 Å². The predicted octanol–water partition coefficient (Wildman–Crippen LogP) is 4.90. The summed E-state index contributed by atoms with van der Waals surface area (Å²) in [6, 6.07) is 8.90. The van der Waals surface area contributed by atoms with Gasteiger partial charge in [-0.3, -0.25) is 0 Å². The third kappa shape index (κ3) is 6.31. The summed E-state index contributed by atoms with van der Waals surface area (Å²) >= 11 is 2.08. The van der Waals surface area contributed by atoms with Gasteiger partial charge in [0.2, 0.25) is 0 Å². The van der Waals surface area contributed by atoms with Crippen LogP contribution in [-0.4, -0.2) is 24.7 Å². The van der Waals surface area contributed by atoms with Crippen LogP contribution in [0, 0.1) is 5.92 Å². The topological polar surface area (TPSA) is 21.3 Å². The standard InChI is InChI=1S/C18H31NOS/c1-6-12-19-18(15(4)21-13-14(3)7-2)16-8-10-17(20-5)11-9-16/h8-11,14-15,18-19H,6-7,12-13H2,1-5H3. The molecule has 1 N–H and O–H groups in total. The first-order valence-electron chi connectivity index (χ1n) is 8.11. The smallest absolute Gasteiger partial charge is 0.118 e. The molecule has 1 aromatic carbocycles. The summed E-state index contributed by atoms with van der Waals surface area (Å²) in [6.07, 6.45) is 2.42. The average molecular weight is 310 g/mol. The molecular weight excluding hydrogens is 278 g/mol. The van der Waals surface area contributed by atoms with E-state index in [9.17, 15) is 0 Å². The van der Waals surface area contributed by atoms with E-state index in [0.717, 1.165) is 24.6 Å². The fourth-order valence-corrected chi connectivity index (χ4v) is 3.51. The maximum Gasteiger partial charge on any atom is 0.118 e. The molecule has 0 fully saturated rings. The van der Waals surface area contributed by atoms with Gasteiger partial charge >= 0.3 is 0 Å². The fraction of sp³-hybridized carbons (Fsp3) is 0.667. The van der Waals surface area contributed by atoms with E-state index in [0.29, 0.717) is 11.3 Å². The summed E-state index contributed by atoms with van der Waals surface area (Å²) in [5.41, 5.74) is 1.36. The lowest BCUT2D eigenvalue weighted by Gasteiger charge is -2.26. The zero-order chi connectivity index (χ0) is 15.7. The van der Waals surface area contributed by atoms with E-state index < -0.39 is 0 Å². The number of methoxy groups -OCH3 is 1. The highest BCUT2D eigenvalue weighted by atomic mass is 32.2. The van der Waals surface area contributed by atoms with Crippen molar-refractivity contribution in [3.05, 3.63) is 29.8 Å². The van der Waals surface area contributed by atoms with Crippen LogP contribution in [0.2, 0.25) is 0 Å². The summed E-state index contributed by atoms with van der Waals surface area (Å²) < 4.78 is 5.26. The van der Waals surface area contributed by atoms with Crippen molar-refractivity contribution in [1.29, 1.82) is 0 Å². The average Bonchev–Trinajstić information content (AvgIpc) is 2.53. The second-order valence-corrected chi connectivity index (χ2v) is 7.17. The molecule has 0 aliphatic rings. The lowest BCUT2D eigenvalue weighted by atomic mass is 10.0. The number of ether oxygens (including phenoxy) is 1. The van der Waals surface area contributed by atoms with Crippen molar-refractivity contribution in [2.24, 2.45) is 5.92 Å². The largest absolute Gasteiger partial charge is 0.497 e. The van der Waals surface area contributed by atoms with E-state index in [4.69, 9.17) is 4.74 Å². The number of nitrogens with one attached hydrogen (secondary N) is 1. The van der Waals surface area contributed by atoms with Gasteiger partial charge in [0.25, 0.3) is 0 Å². The highest BCUT2D eigenvalue weighted by molar-refractivity contribution is 7.99. The van der Waals surface area contributed by atoms with Gasteiger partial charge in [-0.2, -0.15) is 11.8 Å². The van der Waals surface area contributed by atoms with Crippen molar-refractivity contribution >= 4 is 11.8 Å². The second kappa shape index (κ2) is 10.1. The molecule has 0 radical (unpaired) electrons. The molecule has 1 rings (SSSR count). The van der Waals surface area contributed by atoms with Gasteiger partial charge in [-0.1, -0.05) is 46.2 Å². The van der Waals surface area contributed by atoms with Crippen LogP contribution in [0.15, 0.2) is 24.3 Å². The number of hydrogen-bond donors (Lipinski definition) is 1. The minimum atomic E-state index is 0.407. The van der Waals surface area contributed by atoms with Crippen molar-refractivity contribution < 1.29 is 4.74 Å². The Hall–Kier alpha value is -0.670. The Morgan fingerprint density at radius 1 is 1.14 bits per heavy atom. The molecule has 0 amide bonds. The molecule has 120 valence electrons. The minimum absolute atomic E-state index is 0.407. The number of benzene rings is 1. The molecular formula is C18H31NOS. The number of hydrogen-bond acceptors (Lipinski definition) is 3. The Morgan fingerprint density at radius 3 is 2.33 bits per heavy atom. The molecule has 0 bridgehead atoms. The molecule has 0 aliphatic carbocycles. The Bertz CT molecular complexity index is 379. The monoisotopic (exact) mass is 309 g/mol. The third-order valence-electron chi connectivity index (χ3n) is 3.90. The molecule has 0 heterocycles. The molecule has 3 atom stereocenters. The first-order valence-corrected chi connectivity index (χ1v) is 9.16. The van der Waals surface area contributed by atoms with E-state index in [-0.39, 0.29) is 0 Å². The summed E-state index contributed by atoms with van der Waals surface area (Å²) in [6.45, 7) is 10.2. The molecule has 0 spiro atoms. The van der Waals surface area contributed by atoms with E-state index in [1.165, 1.54) is 17.7 Å². The highest BCUT2D eigenvalue weighted by Crippen LogP contribution is 2.29. The molecule has 0 saturated heterocycles. The summed E-state index contributed by atoms with van der Waals surface area (Å²) in [5.74, 6) is 2.95. The lowest BCUT2D eigenvalue weighted by Crippen LogP contribution is -2.29. The molecule has 0 aliphatic heterocycles. The van der Waals surface area contributed by atoms with E-state index in [1.807, 2.05) is 0 Å². The Morgan fingerprint density at radius 2 is 1.81 bits per heavy atom. The van der Waals surface area contributed by atoms with Gasteiger partial charge in [-0.25, -0.2) is 0 Å². The molecule has 1 aromatic rings. The van der Waals surface area contributed by atoms with Crippen molar-refractivity contribution in [2.75, 3.05) is 19.4 Å². The van der Waals surface area contributed by atoms with Gasteiger partial charge in [-0.05, 0) is 42.3 Å². The molecule has 2 nitrogen and oxygen atoms in total. The Labute approximate surface area is 135 Å². The Balaban J connectivity index is 2.72. The van der Waals surface area contributed by atoms with Gasteiger partial charge < -0.3 is 10.1 Å². The Kier molecular flexibility index (Phi) is 8.86. The first-order chi connectivity index (χ1) is 10.1. The van der Waals surface area contributed by atoms with E-state index in [1.54, 1.807) is 7.11 Å². The molecule has 21 heavy (non-hydrogen) atoms. The predicted molar refractivity (Wildman–Crippen MR) is 95.4 cm³/mol. The van der Waals surface area contributed by atoms with E-state index >= 15 is 0 Å². The van der Waals surface area contributed by atoms with Gasteiger partial charge in [0.1, 0.15) is 5.75 Å². The third-order valence-corrected chi connectivity index (χ3v) is 5.46. The van der Waals surface area contributed by atoms with Crippen molar-refractivity contribution in [3.63, 3.8) is 0 Å². The normalized spacial score (nSPS) is 15.5. The van der Waals surface area contributed by atoms with E-state index in [2.05, 4.69) is 69.0 Å². The summed E-state index contributed by atoms with van der Waals surface area (Å²) in [5, 5.41) is 4.27. The highest BCUT2D eigenvalue weighted by Gasteiger charge is 2.19.